The highest BCUT2D eigenvalue weighted by molar-refractivity contribution is 6.07. The SMILES string of the molecule is COc1ccc(NC(C)=O)cc1C(=O)Nc1ccc2c(c1)OCO2. The molecule has 0 aromatic heterocycles. The summed E-state index contributed by atoms with van der Waals surface area (Å²) < 4.78 is 15.7. The molecule has 1 aliphatic heterocycles. The van der Waals surface area contributed by atoms with E-state index in [0.717, 1.165) is 0 Å². The first-order valence-electron chi connectivity index (χ1n) is 7.23. The van der Waals surface area contributed by atoms with Crippen molar-refractivity contribution in [2.75, 3.05) is 24.5 Å². The number of carbonyl (C=O) groups is 2. The van der Waals surface area contributed by atoms with Crippen molar-refractivity contribution < 1.29 is 23.8 Å². The van der Waals surface area contributed by atoms with Crippen molar-refractivity contribution in [2.24, 2.45) is 0 Å². The molecule has 24 heavy (non-hydrogen) atoms. The summed E-state index contributed by atoms with van der Waals surface area (Å²) in [5.41, 5.74) is 1.39. The van der Waals surface area contributed by atoms with Gasteiger partial charge >= 0.3 is 0 Å². The number of anilines is 2. The third-order valence-corrected chi connectivity index (χ3v) is 3.39. The van der Waals surface area contributed by atoms with Crippen molar-refractivity contribution in [1.82, 2.24) is 0 Å². The van der Waals surface area contributed by atoms with E-state index in [2.05, 4.69) is 10.6 Å². The minimum atomic E-state index is -0.363. The lowest BCUT2D eigenvalue weighted by Crippen LogP contribution is -2.14. The van der Waals surface area contributed by atoms with Gasteiger partial charge in [-0.05, 0) is 30.3 Å². The van der Waals surface area contributed by atoms with Crippen LogP contribution in [0.4, 0.5) is 11.4 Å². The standard InChI is InChI=1S/C17H16N2O5/c1-10(20)18-11-3-5-14(22-2)13(7-11)17(21)19-12-4-6-15-16(8-12)24-9-23-15/h3-8H,9H2,1-2H3,(H,18,20)(H,19,21). The predicted octanol–water partition coefficient (Wildman–Crippen LogP) is 2.63. The number of methoxy groups -OCH3 is 1. The quantitative estimate of drug-likeness (QED) is 0.901. The fourth-order valence-corrected chi connectivity index (χ4v) is 2.34. The first kappa shape index (κ1) is 15.7. The Morgan fingerprint density at radius 2 is 1.71 bits per heavy atom. The first-order valence-corrected chi connectivity index (χ1v) is 7.23. The van der Waals surface area contributed by atoms with E-state index in [1.165, 1.54) is 14.0 Å². The van der Waals surface area contributed by atoms with Crippen LogP contribution >= 0.6 is 0 Å². The van der Waals surface area contributed by atoms with Gasteiger partial charge in [-0.15, -0.1) is 0 Å². The summed E-state index contributed by atoms with van der Waals surface area (Å²) in [7, 11) is 1.48. The van der Waals surface area contributed by atoms with Gasteiger partial charge in [-0.3, -0.25) is 9.59 Å². The molecule has 0 saturated carbocycles. The van der Waals surface area contributed by atoms with Crippen LogP contribution in [0.2, 0.25) is 0 Å². The molecule has 124 valence electrons. The topological polar surface area (TPSA) is 85.9 Å². The lowest BCUT2D eigenvalue weighted by molar-refractivity contribution is -0.114. The lowest BCUT2D eigenvalue weighted by atomic mass is 10.1. The number of fused-ring (bicyclic) bond motifs is 1. The van der Waals surface area contributed by atoms with Gasteiger partial charge in [-0.25, -0.2) is 0 Å². The number of carbonyl (C=O) groups excluding carboxylic acids is 2. The van der Waals surface area contributed by atoms with E-state index in [0.29, 0.717) is 34.2 Å². The highest BCUT2D eigenvalue weighted by Crippen LogP contribution is 2.34. The van der Waals surface area contributed by atoms with Crippen LogP contribution in [-0.4, -0.2) is 25.7 Å². The minimum absolute atomic E-state index is 0.166. The molecule has 1 aliphatic rings. The average Bonchev–Trinajstić information content (AvgIpc) is 3.02. The van der Waals surface area contributed by atoms with Gasteiger partial charge in [0.25, 0.3) is 5.91 Å². The predicted molar refractivity (Wildman–Crippen MR) is 87.8 cm³/mol. The molecule has 2 N–H and O–H groups in total. The molecule has 0 bridgehead atoms. The van der Waals surface area contributed by atoms with Gasteiger partial charge in [-0.1, -0.05) is 0 Å². The van der Waals surface area contributed by atoms with Crippen LogP contribution in [0.15, 0.2) is 36.4 Å². The van der Waals surface area contributed by atoms with Crippen LogP contribution in [0.3, 0.4) is 0 Å². The van der Waals surface area contributed by atoms with Crippen LogP contribution in [-0.2, 0) is 4.79 Å². The molecule has 0 fully saturated rings. The van der Waals surface area contributed by atoms with Gasteiger partial charge in [-0.2, -0.15) is 0 Å². The second kappa shape index (κ2) is 6.49. The summed E-state index contributed by atoms with van der Waals surface area (Å²) in [6.45, 7) is 1.57. The molecule has 0 unspecified atom stereocenters. The second-order valence-corrected chi connectivity index (χ2v) is 5.12. The molecule has 0 saturated heterocycles. The highest BCUT2D eigenvalue weighted by atomic mass is 16.7. The fraction of sp³-hybridized carbons (Fsp3) is 0.176. The van der Waals surface area contributed by atoms with E-state index < -0.39 is 0 Å². The molecule has 0 spiro atoms. The highest BCUT2D eigenvalue weighted by Gasteiger charge is 2.17. The van der Waals surface area contributed by atoms with Crippen LogP contribution in [0.25, 0.3) is 0 Å². The molecule has 2 aromatic carbocycles. The number of hydrogen-bond acceptors (Lipinski definition) is 5. The van der Waals surface area contributed by atoms with Gasteiger partial charge in [0.2, 0.25) is 12.7 Å². The molecule has 1 heterocycles. The van der Waals surface area contributed by atoms with E-state index in [1.807, 2.05) is 0 Å². The Hall–Kier alpha value is -3.22. The number of amides is 2. The first-order chi connectivity index (χ1) is 11.6. The number of rotatable bonds is 4. The molecule has 0 atom stereocenters. The minimum Gasteiger partial charge on any atom is -0.496 e. The number of benzene rings is 2. The summed E-state index contributed by atoms with van der Waals surface area (Å²) in [5, 5.41) is 5.41. The fourth-order valence-electron chi connectivity index (χ4n) is 2.34. The van der Waals surface area contributed by atoms with Crippen molar-refractivity contribution in [3.63, 3.8) is 0 Å². The molecule has 2 aromatic rings. The zero-order valence-electron chi connectivity index (χ0n) is 13.2. The molecular weight excluding hydrogens is 312 g/mol. The zero-order valence-corrected chi connectivity index (χ0v) is 13.2. The summed E-state index contributed by atoms with van der Waals surface area (Å²) in [6.07, 6.45) is 0. The summed E-state index contributed by atoms with van der Waals surface area (Å²) in [6, 6.07) is 9.98. The molecule has 0 radical (unpaired) electrons. The Bertz CT molecular complexity index is 804. The monoisotopic (exact) mass is 328 g/mol. The van der Waals surface area contributed by atoms with Crippen molar-refractivity contribution in [3.05, 3.63) is 42.0 Å². The van der Waals surface area contributed by atoms with Gasteiger partial charge in [0.05, 0.1) is 12.7 Å². The summed E-state index contributed by atoms with van der Waals surface area (Å²) >= 11 is 0. The largest absolute Gasteiger partial charge is 0.496 e. The van der Waals surface area contributed by atoms with E-state index in [4.69, 9.17) is 14.2 Å². The van der Waals surface area contributed by atoms with Gasteiger partial charge < -0.3 is 24.8 Å². The van der Waals surface area contributed by atoms with Crippen molar-refractivity contribution in [3.8, 4) is 17.2 Å². The maximum atomic E-state index is 12.6. The summed E-state index contributed by atoms with van der Waals surface area (Å²) in [5.74, 6) is 1.03. The molecule has 2 amide bonds. The Morgan fingerprint density at radius 3 is 2.46 bits per heavy atom. The zero-order chi connectivity index (χ0) is 17.1. The average molecular weight is 328 g/mol. The van der Waals surface area contributed by atoms with Crippen LogP contribution in [0.5, 0.6) is 17.2 Å². The smallest absolute Gasteiger partial charge is 0.259 e. The van der Waals surface area contributed by atoms with Gasteiger partial charge in [0, 0.05) is 24.4 Å². The lowest BCUT2D eigenvalue weighted by Gasteiger charge is -2.12. The van der Waals surface area contributed by atoms with Gasteiger partial charge in [0.15, 0.2) is 11.5 Å². The van der Waals surface area contributed by atoms with E-state index in [1.54, 1.807) is 36.4 Å². The van der Waals surface area contributed by atoms with E-state index in [9.17, 15) is 9.59 Å². The van der Waals surface area contributed by atoms with E-state index in [-0.39, 0.29) is 18.6 Å². The maximum absolute atomic E-state index is 12.6. The van der Waals surface area contributed by atoms with Gasteiger partial charge in [0.1, 0.15) is 5.75 Å². The molecule has 0 aliphatic carbocycles. The van der Waals surface area contributed by atoms with Crippen molar-refractivity contribution in [2.45, 2.75) is 6.92 Å². The number of nitrogens with one attached hydrogen (secondary N) is 2. The molecule has 3 rings (SSSR count). The van der Waals surface area contributed by atoms with Crippen LogP contribution in [0, 0.1) is 0 Å². The summed E-state index contributed by atoms with van der Waals surface area (Å²) in [4.78, 5) is 23.7. The number of hydrogen-bond donors (Lipinski definition) is 2. The number of ether oxygens (including phenoxy) is 3. The maximum Gasteiger partial charge on any atom is 0.259 e. The second-order valence-electron chi connectivity index (χ2n) is 5.12. The molecule has 7 nitrogen and oxygen atoms in total. The molecule has 7 heteroatoms. The van der Waals surface area contributed by atoms with Crippen LogP contribution < -0.4 is 24.8 Å². The van der Waals surface area contributed by atoms with Crippen molar-refractivity contribution in [1.29, 1.82) is 0 Å². The Kier molecular flexibility index (Phi) is 4.24. The Balaban J connectivity index is 1.84. The Morgan fingerprint density at radius 1 is 1.00 bits per heavy atom. The third-order valence-electron chi connectivity index (χ3n) is 3.39. The van der Waals surface area contributed by atoms with E-state index >= 15 is 0 Å². The third kappa shape index (κ3) is 3.24. The normalized spacial score (nSPS) is 11.8. The molecular formula is C17H16N2O5. The Labute approximate surface area is 138 Å². The van der Waals surface area contributed by atoms with Crippen LogP contribution in [0.1, 0.15) is 17.3 Å². The van der Waals surface area contributed by atoms with Crippen molar-refractivity contribution >= 4 is 23.2 Å².